The predicted molar refractivity (Wildman–Crippen MR) is 66.7 cm³/mol. The van der Waals surface area contributed by atoms with Crippen LogP contribution < -0.4 is 15.4 Å². The number of anilines is 2. The van der Waals surface area contributed by atoms with Gasteiger partial charge in [-0.05, 0) is 6.92 Å². The number of rotatable bonds is 4. The minimum absolute atomic E-state index is 0.00654. The Balaban J connectivity index is 2.28. The van der Waals surface area contributed by atoms with Gasteiger partial charge in [-0.15, -0.1) is 0 Å². The van der Waals surface area contributed by atoms with Gasteiger partial charge in [-0.2, -0.15) is 4.98 Å². The maximum atomic E-state index is 9.35. The van der Waals surface area contributed by atoms with E-state index < -0.39 is 0 Å². The van der Waals surface area contributed by atoms with E-state index in [0.29, 0.717) is 43.8 Å². The van der Waals surface area contributed by atoms with Crippen LogP contribution in [0.25, 0.3) is 0 Å². The summed E-state index contributed by atoms with van der Waals surface area (Å²) in [6, 6.07) is -0.134. The fourth-order valence-corrected chi connectivity index (χ4v) is 1.94. The van der Waals surface area contributed by atoms with E-state index in [9.17, 15) is 5.11 Å². The van der Waals surface area contributed by atoms with Crippen LogP contribution in [0.1, 0.15) is 6.92 Å². The molecule has 1 aliphatic heterocycles. The maximum Gasteiger partial charge on any atom is 0.242 e. The fraction of sp³-hybridized carbons (Fsp3) is 0.636. The second-order valence-corrected chi connectivity index (χ2v) is 3.95. The van der Waals surface area contributed by atoms with Gasteiger partial charge in [0.1, 0.15) is 12.0 Å². The summed E-state index contributed by atoms with van der Waals surface area (Å²) in [6.07, 6.45) is 1.42. The molecule has 7 nitrogen and oxygen atoms in total. The van der Waals surface area contributed by atoms with Crippen LogP contribution in [0.15, 0.2) is 6.33 Å². The van der Waals surface area contributed by atoms with Gasteiger partial charge in [0.05, 0.1) is 32.5 Å². The minimum Gasteiger partial charge on any atom is -0.476 e. The molecule has 1 saturated heterocycles. The molecule has 1 fully saturated rings. The molecular weight excluding hydrogens is 236 g/mol. The highest BCUT2D eigenvalue weighted by Gasteiger charge is 2.26. The van der Waals surface area contributed by atoms with Crippen molar-refractivity contribution < 1.29 is 14.6 Å². The highest BCUT2D eigenvalue weighted by atomic mass is 16.5. The molecule has 100 valence electrons. The van der Waals surface area contributed by atoms with Crippen LogP contribution in [0.5, 0.6) is 5.88 Å². The Morgan fingerprint density at radius 1 is 1.61 bits per heavy atom. The number of aliphatic hydroxyl groups excluding tert-OH is 1. The zero-order valence-electron chi connectivity index (χ0n) is 10.4. The Labute approximate surface area is 106 Å². The molecule has 0 saturated carbocycles. The third-order valence-corrected chi connectivity index (χ3v) is 2.82. The number of ether oxygens (including phenoxy) is 2. The summed E-state index contributed by atoms with van der Waals surface area (Å²) in [4.78, 5) is 10.1. The summed E-state index contributed by atoms with van der Waals surface area (Å²) in [5.74, 6) is 0.974. The van der Waals surface area contributed by atoms with Crippen LogP contribution in [-0.2, 0) is 4.74 Å². The largest absolute Gasteiger partial charge is 0.476 e. The maximum absolute atomic E-state index is 9.35. The Morgan fingerprint density at radius 3 is 3.17 bits per heavy atom. The number of nitrogens with two attached hydrogens (primary N) is 1. The number of nitrogen functional groups attached to an aromatic ring is 1. The van der Waals surface area contributed by atoms with Crippen LogP contribution >= 0.6 is 0 Å². The number of hydrogen-bond donors (Lipinski definition) is 2. The molecule has 1 aromatic rings. The first-order valence-corrected chi connectivity index (χ1v) is 5.96. The Bertz CT molecular complexity index is 402. The molecule has 1 aliphatic rings. The molecule has 0 aromatic carbocycles. The zero-order chi connectivity index (χ0) is 13.0. The van der Waals surface area contributed by atoms with Crippen LogP contribution in [-0.4, -0.2) is 54.1 Å². The standard InChI is InChI=1S/C11H18N4O3/c1-2-18-11-9(12)10(13-7-14-11)15-3-4-17-6-8(15)5-16/h7-8,16H,2-6,12H2,1H3. The SMILES string of the molecule is CCOc1ncnc(N2CCOCC2CO)c1N. The molecule has 3 N–H and O–H groups in total. The van der Waals surface area contributed by atoms with Crippen LogP contribution in [0, 0.1) is 0 Å². The first-order chi connectivity index (χ1) is 8.77. The lowest BCUT2D eigenvalue weighted by atomic mass is 10.2. The summed E-state index contributed by atoms with van der Waals surface area (Å²) in [5.41, 5.74) is 6.41. The highest BCUT2D eigenvalue weighted by molar-refractivity contribution is 5.68. The van der Waals surface area contributed by atoms with Crippen molar-refractivity contribution in [3.63, 3.8) is 0 Å². The van der Waals surface area contributed by atoms with Gasteiger partial charge >= 0.3 is 0 Å². The van der Waals surface area contributed by atoms with Gasteiger partial charge in [-0.1, -0.05) is 0 Å². The quantitative estimate of drug-likeness (QED) is 0.758. The van der Waals surface area contributed by atoms with Crippen molar-refractivity contribution in [3.8, 4) is 5.88 Å². The Kier molecular flexibility index (Phi) is 4.16. The van der Waals surface area contributed by atoms with Crippen molar-refractivity contribution >= 4 is 11.5 Å². The second kappa shape index (κ2) is 5.83. The van der Waals surface area contributed by atoms with Crippen molar-refractivity contribution in [2.24, 2.45) is 0 Å². The van der Waals surface area contributed by atoms with Crippen LogP contribution in [0.3, 0.4) is 0 Å². The van der Waals surface area contributed by atoms with E-state index >= 15 is 0 Å². The van der Waals surface area contributed by atoms with Crippen LogP contribution in [0.2, 0.25) is 0 Å². The predicted octanol–water partition coefficient (Wildman–Crippen LogP) is -0.345. The number of aliphatic hydroxyl groups is 1. The molecule has 0 aliphatic carbocycles. The molecule has 0 bridgehead atoms. The zero-order valence-corrected chi connectivity index (χ0v) is 10.4. The van der Waals surface area contributed by atoms with E-state index in [1.54, 1.807) is 0 Å². The average molecular weight is 254 g/mol. The highest BCUT2D eigenvalue weighted by Crippen LogP contribution is 2.29. The molecule has 2 rings (SSSR count). The lowest BCUT2D eigenvalue weighted by Crippen LogP contribution is -2.48. The van der Waals surface area contributed by atoms with E-state index in [1.807, 2.05) is 11.8 Å². The second-order valence-electron chi connectivity index (χ2n) is 3.95. The van der Waals surface area contributed by atoms with Gasteiger partial charge in [-0.3, -0.25) is 0 Å². The number of nitrogens with zero attached hydrogens (tertiary/aromatic N) is 3. The number of aromatic nitrogens is 2. The lowest BCUT2D eigenvalue weighted by Gasteiger charge is -2.35. The van der Waals surface area contributed by atoms with Gasteiger partial charge in [0.25, 0.3) is 0 Å². The van der Waals surface area contributed by atoms with Crippen molar-refractivity contribution in [1.82, 2.24) is 9.97 Å². The molecule has 18 heavy (non-hydrogen) atoms. The summed E-state index contributed by atoms with van der Waals surface area (Å²) in [7, 11) is 0. The molecule has 0 amide bonds. The molecule has 0 radical (unpaired) electrons. The van der Waals surface area contributed by atoms with Crippen molar-refractivity contribution in [3.05, 3.63) is 6.33 Å². The van der Waals surface area contributed by atoms with Crippen molar-refractivity contribution in [2.45, 2.75) is 13.0 Å². The number of hydrogen-bond acceptors (Lipinski definition) is 7. The topological polar surface area (TPSA) is 93.7 Å². The van der Waals surface area contributed by atoms with Crippen molar-refractivity contribution in [1.29, 1.82) is 0 Å². The van der Waals surface area contributed by atoms with Crippen molar-refractivity contribution in [2.75, 3.05) is 43.6 Å². The number of morpholine rings is 1. The smallest absolute Gasteiger partial charge is 0.242 e. The minimum atomic E-state index is -0.134. The van der Waals surface area contributed by atoms with Gasteiger partial charge in [0, 0.05) is 6.54 Å². The average Bonchev–Trinajstić information content (AvgIpc) is 2.41. The Morgan fingerprint density at radius 2 is 2.44 bits per heavy atom. The third kappa shape index (κ3) is 2.46. The monoisotopic (exact) mass is 254 g/mol. The lowest BCUT2D eigenvalue weighted by molar-refractivity contribution is 0.0723. The first-order valence-electron chi connectivity index (χ1n) is 5.96. The van der Waals surface area contributed by atoms with E-state index in [0.717, 1.165) is 0 Å². The van der Waals surface area contributed by atoms with E-state index in [1.165, 1.54) is 6.33 Å². The summed E-state index contributed by atoms with van der Waals surface area (Å²) >= 11 is 0. The molecule has 2 heterocycles. The summed E-state index contributed by atoms with van der Waals surface area (Å²) in [6.45, 7) is 4.04. The Hall–Kier alpha value is -1.60. The first kappa shape index (κ1) is 12.8. The van der Waals surface area contributed by atoms with E-state index in [2.05, 4.69) is 9.97 Å². The van der Waals surface area contributed by atoms with E-state index in [-0.39, 0.29) is 12.6 Å². The van der Waals surface area contributed by atoms with Gasteiger partial charge in [0.2, 0.25) is 5.88 Å². The molecule has 1 unspecified atom stereocenters. The summed E-state index contributed by atoms with van der Waals surface area (Å²) < 4.78 is 10.7. The third-order valence-electron chi connectivity index (χ3n) is 2.82. The fourth-order valence-electron chi connectivity index (χ4n) is 1.94. The molecule has 0 spiro atoms. The molecule has 1 atom stereocenters. The molecule has 7 heteroatoms. The summed E-state index contributed by atoms with van der Waals surface area (Å²) in [5, 5.41) is 9.35. The molecular formula is C11H18N4O3. The van der Waals surface area contributed by atoms with Gasteiger partial charge in [0.15, 0.2) is 5.82 Å². The molecule has 1 aromatic heterocycles. The van der Waals surface area contributed by atoms with Gasteiger partial charge in [-0.25, -0.2) is 4.98 Å². The van der Waals surface area contributed by atoms with Gasteiger partial charge < -0.3 is 25.2 Å². The van der Waals surface area contributed by atoms with E-state index in [4.69, 9.17) is 15.2 Å². The van der Waals surface area contributed by atoms with Crippen LogP contribution in [0.4, 0.5) is 11.5 Å². The normalized spacial score (nSPS) is 19.9.